The normalized spacial score (nSPS) is 13.2. The van der Waals surface area contributed by atoms with Crippen LogP contribution in [-0.2, 0) is 11.2 Å². The number of carbonyl (C=O) groups excluding carboxylic acids is 2. The number of ether oxygens (including phenoxy) is 1. The molecule has 4 aromatic carbocycles. The predicted molar refractivity (Wildman–Crippen MR) is 191 cm³/mol. The highest BCUT2D eigenvalue weighted by Gasteiger charge is 2.26. The minimum atomic E-state index is -0.440. The van der Waals surface area contributed by atoms with Gasteiger partial charge in [0, 0.05) is 54.1 Å². The minimum Gasteiger partial charge on any atom is -0.460 e. The number of para-hydroxylation sites is 2. The Balaban J connectivity index is 1.26. The molecule has 1 amide bonds. The van der Waals surface area contributed by atoms with Crippen LogP contribution in [-0.4, -0.2) is 56.1 Å². The van der Waals surface area contributed by atoms with Crippen LogP contribution in [0.25, 0.3) is 11.0 Å². The number of furan rings is 1. The second-order valence-corrected chi connectivity index (χ2v) is 13.0. The Bertz CT molecular complexity index is 1880. The first-order valence-corrected chi connectivity index (χ1v) is 17.0. The molecule has 0 N–H and O–H groups in total. The van der Waals surface area contributed by atoms with Crippen LogP contribution >= 0.6 is 11.9 Å². The molecule has 1 aromatic heterocycles. The van der Waals surface area contributed by atoms with E-state index < -0.39 is 5.97 Å². The van der Waals surface area contributed by atoms with Crippen LogP contribution in [0.15, 0.2) is 100 Å². The number of fused-ring (bicyclic) bond motifs is 1. The van der Waals surface area contributed by atoms with Crippen LogP contribution in [0.4, 0.5) is 11.4 Å². The number of anilines is 2. The summed E-state index contributed by atoms with van der Waals surface area (Å²) in [6.45, 7) is 11.6. The SMILES string of the molecule is CCOC(=O)c1oc2ccc(SN(CCc3ccccc3)c3ccccc3N3CCN(C(=O)c4cc(C)ccc4C)CC3)cc2c1C. The van der Waals surface area contributed by atoms with Gasteiger partial charge in [0.1, 0.15) is 5.58 Å². The van der Waals surface area contributed by atoms with Gasteiger partial charge in [0.25, 0.3) is 5.91 Å². The number of aryl methyl sites for hydroxylation is 3. The van der Waals surface area contributed by atoms with Gasteiger partial charge in [0.15, 0.2) is 0 Å². The third kappa shape index (κ3) is 7.18. The van der Waals surface area contributed by atoms with Crippen LogP contribution in [0, 0.1) is 20.8 Å². The van der Waals surface area contributed by atoms with Gasteiger partial charge in [-0.15, -0.1) is 0 Å². The van der Waals surface area contributed by atoms with Crippen LogP contribution in [0.1, 0.15) is 50.1 Å². The van der Waals surface area contributed by atoms with Crippen molar-refractivity contribution in [3.05, 3.63) is 125 Å². The van der Waals surface area contributed by atoms with Gasteiger partial charge in [-0.3, -0.25) is 4.79 Å². The molecule has 242 valence electrons. The number of hydrogen-bond acceptors (Lipinski definition) is 7. The number of benzene rings is 4. The zero-order chi connectivity index (χ0) is 32.9. The van der Waals surface area contributed by atoms with Gasteiger partial charge in [-0.1, -0.05) is 60.2 Å². The summed E-state index contributed by atoms with van der Waals surface area (Å²) in [5.41, 5.74) is 7.90. The smallest absolute Gasteiger partial charge is 0.374 e. The monoisotopic (exact) mass is 647 g/mol. The van der Waals surface area contributed by atoms with Crippen LogP contribution in [0.3, 0.4) is 0 Å². The lowest BCUT2D eigenvalue weighted by Gasteiger charge is -2.38. The van der Waals surface area contributed by atoms with Crippen LogP contribution in [0.2, 0.25) is 0 Å². The lowest BCUT2D eigenvalue weighted by Crippen LogP contribution is -2.49. The van der Waals surface area contributed by atoms with E-state index in [1.807, 2.05) is 56.0 Å². The number of esters is 1. The molecule has 8 heteroatoms. The van der Waals surface area contributed by atoms with Gasteiger partial charge >= 0.3 is 5.97 Å². The number of carbonyl (C=O) groups is 2. The Morgan fingerprint density at radius 3 is 2.38 bits per heavy atom. The fourth-order valence-electron chi connectivity index (χ4n) is 6.10. The van der Waals surface area contributed by atoms with E-state index in [-0.39, 0.29) is 11.7 Å². The van der Waals surface area contributed by atoms with E-state index in [0.29, 0.717) is 25.3 Å². The van der Waals surface area contributed by atoms with E-state index >= 15 is 0 Å². The summed E-state index contributed by atoms with van der Waals surface area (Å²) in [5, 5.41) is 0.902. The Kier molecular flexibility index (Phi) is 9.87. The molecule has 7 nitrogen and oxygen atoms in total. The highest BCUT2D eigenvalue weighted by Crippen LogP contribution is 2.39. The summed E-state index contributed by atoms with van der Waals surface area (Å²) in [6, 6.07) is 31.2. The topological polar surface area (TPSA) is 66.2 Å². The lowest BCUT2D eigenvalue weighted by atomic mass is 10.0. The Morgan fingerprint density at radius 1 is 0.872 bits per heavy atom. The molecule has 1 saturated heterocycles. The fourth-order valence-corrected chi connectivity index (χ4v) is 7.08. The number of rotatable bonds is 10. The molecule has 5 aromatic rings. The Morgan fingerprint density at radius 2 is 1.62 bits per heavy atom. The molecule has 1 fully saturated rings. The molecule has 0 atom stereocenters. The van der Waals surface area contributed by atoms with Crippen molar-refractivity contribution in [1.29, 1.82) is 0 Å². The molecular weight excluding hydrogens is 607 g/mol. The first kappa shape index (κ1) is 32.3. The van der Waals surface area contributed by atoms with Gasteiger partial charge in [-0.2, -0.15) is 0 Å². The minimum absolute atomic E-state index is 0.107. The fraction of sp³-hybridized carbons (Fsp3) is 0.282. The third-order valence-corrected chi connectivity index (χ3v) is 9.78. The summed E-state index contributed by atoms with van der Waals surface area (Å²) in [4.78, 5) is 31.4. The number of piperazine rings is 1. The molecule has 47 heavy (non-hydrogen) atoms. The highest BCUT2D eigenvalue weighted by atomic mass is 32.2. The molecule has 6 rings (SSSR count). The quantitative estimate of drug-likeness (QED) is 0.112. The summed E-state index contributed by atoms with van der Waals surface area (Å²) >= 11 is 1.68. The van der Waals surface area contributed by atoms with Crippen LogP contribution < -0.4 is 9.21 Å². The molecular formula is C39H41N3O4S. The molecule has 2 heterocycles. The van der Waals surface area contributed by atoms with Gasteiger partial charge in [-0.05, 0) is 93.6 Å². The summed E-state index contributed by atoms with van der Waals surface area (Å²) in [6.07, 6.45) is 0.875. The molecule has 0 unspecified atom stereocenters. The van der Waals surface area contributed by atoms with Gasteiger partial charge < -0.3 is 23.3 Å². The maximum absolute atomic E-state index is 13.5. The summed E-state index contributed by atoms with van der Waals surface area (Å²) in [5.74, 6) is -0.0784. The first-order chi connectivity index (χ1) is 22.8. The second-order valence-electron chi connectivity index (χ2n) is 11.9. The van der Waals surface area contributed by atoms with E-state index in [1.165, 1.54) is 5.56 Å². The Hall–Kier alpha value is -4.69. The largest absolute Gasteiger partial charge is 0.460 e. The first-order valence-electron chi connectivity index (χ1n) is 16.2. The van der Waals surface area contributed by atoms with Crippen molar-refractivity contribution in [2.24, 2.45) is 0 Å². The van der Waals surface area contributed by atoms with Gasteiger partial charge in [0.2, 0.25) is 5.76 Å². The Labute approximate surface area is 281 Å². The number of nitrogens with zero attached hydrogens (tertiary/aromatic N) is 3. The maximum atomic E-state index is 13.5. The van der Waals surface area contributed by atoms with Crippen LogP contribution in [0.5, 0.6) is 0 Å². The zero-order valence-electron chi connectivity index (χ0n) is 27.5. The van der Waals surface area contributed by atoms with E-state index in [1.54, 1.807) is 18.9 Å². The van der Waals surface area contributed by atoms with Crippen molar-refractivity contribution in [2.45, 2.75) is 39.0 Å². The van der Waals surface area contributed by atoms with Crippen molar-refractivity contribution in [1.82, 2.24) is 4.90 Å². The average molecular weight is 648 g/mol. The van der Waals surface area contributed by atoms with E-state index in [0.717, 1.165) is 70.0 Å². The van der Waals surface area contributed by atoms with E-state index in [4.69, 9.17) is 9.15 Å². The summed E-state index contributed by atoms with van der Waals surface area (Å²) in [7, 11) is 0. The predicted octanol–water partition coefficient (Wildman–Crippen LogP) is 8.25. The molecule has 0 bridgehead atoms. The van der Waals surface area contributed by atoms with Gasteiger partial charge in [0.05, 0.1) is 18.0 Å². The van der Waals surface area contributed by atoms with Crippen molar-refractivity contribution in [2.75, 3.05) is 48.5 Å². The lowest BCUT2D eigenvalue weighted by molar-refractivity contribution is 0.0491. The molecule has 0 radical (unpaired) electrons. The molecule has 0 saturated carbocycles. The zero-order valence-corrected chi connectivity index (χ0v) is 28.3. The van der Waals surface area contributed by atoms with Crippen molar-refractivity contribution >= 4 is 46.2 Å². The maximum Gasteiger partial charge on any atom is 0.374 e. The average Bonchev–Trinajstić information content (AvgIpc) is 3.43. The van der Waals surface area contributed by atoms with Gasteiger partial charge in [-0.25, -0.2) is 4.79 Å². The van der Waals surface area contributed by atoms with E-state index in [9.17, 15) is 9.59 Å². The molecule has 0 aliphatic carbocycles. The standard InChI is InChI=1S/C39H41N3O4S/c1-5-45-39(44)37-29(4)33-26-31(17-18-36(33)46-37)47-42(20-19-30-11-7-6-8-12-30)35-14-10-9-13-34(35)40-21-23-41(24-22-40)38(43)32-25-27(2)15-16-28(32)3/h6-18,25-26H,5,19-24H2,1-4H3. The number of hydrogen-bond donors (Lipinski definition) is 0. The second kappa shape index (κ2) is 14.4. The van der Waals surface area contributed by atoms with Crippen molar-refractivity contribution in [3.8, 4) is 0 Å². The van der Waals surface area contributed by atoms with Crippen molar-refractivity contribution in [3.63, 3.8) is 0 Å². The summed E-state index contributed by atoms with van der Waals surface area (Å²) < 4.78 is 13.5. The molecule has 1 aliphatic rings. The molecule has 0 spiro atoms. The van der Waals surface area contributed by atoms with Crippen molar-refractivity contribution < 1.29 is 18.7 Å². The number of amides is 1. The third-order valence-electron chi connectivity index (χ3n) is 8.71. The molecule has 1 aliphatic heterocycles. The highest BCUT2D eigenvalue weighted by molar-refractivity contribution is 8.00. The van der Waals surface area contributed by atoms with E-state index in [2.05, 4.69) is 69.9 Å².